The average Bonchev–Trinajstić information content (AvgIpc) is 2.85. The van der Waals surface area contributed by atoms with Crippen molar-refractivity contribution in [1.82, 2.24) is 0 Å². The Morgan fingerprint density at radius 3 is 2.30 bits per heavy atom. The molecule has 1 aliphatic rings. The highest BCUT2D eigenvalue weighted by Crippen LogP contribution is 2.45. The van der Waals surface area contributed by atoms with E-state index in [9.17, 15) is 15.3 Å². The van der Waals surface area contributed by atoms with E-state index >= 15 is 0 Å². The molecule has 6 atom stereocenters. The Morgan fingerprint density at radius 1 is 1.19 bits per heavy atom. The maximum atomic E-state index is 10.6. The van der Waals surface area contributed by atoms with E-state index in [0.717, 1.165) is 0 Å². The molecule has 0 aromatic rings. The molecule has 0 amide bonds. The van der Waals surface area contributed by atoms with Gasteiger partial charge in [-0.1, -0.05) is 20.8 Å². The molecule has 1 saturated carbocycles. The van der Waals surface area contributed by atoms with Crippen molar-refractivity contribution in [2.75, 3.05) is 26.9 Å². The summed E-state index contributed by atoms with van der Waals surface area (Å²) in [5, 5.41) is 38.6. The first kappa shape index (κ1) is 25.0. The molecule has 27 heavy (non-hydrogen) atoms. The smallest absolute Gasteiger partial charge is 0.192 e. The number of hydrogen-bond donors (Lipinski definition) is 4. The zero-order chi connectivity index (χ0) is 20.8. The van der Waals surface area contributed by atoms with Crippen LogP contribution in [0, 0.1) is 11.8 Å². The molecule has 1 rings (SSSR count). The third-order valence-corrected chi connectivity index (χ3v) is 10.6. The highest BCUT2D eigenvalue weighted by Gasteiger charge is 2.51. The van der Waals surface area contributed by atoms with Crippen molar-refractivity contribution in [2.24, 2.45) is 11.8 Å². The molecule has 0 aromatic carbocycles. The number of aliphatic hydroxyl groups excluding tert-OH is 4. The van der Waals surface area contributed by atoms with Gasteiger partial charge in [0.25, 0.3) is 0 Å². The number of methoxy groups -OCH3 is 1. The van der Waals surface area contributed by atoms with Gasteiger partial charge >= 0.3 is 0 Å². The zero-order valence-corrected chi connectivity index (χ0v) is 18.7. The molecular weight excluding hydrogens is 368 g/mol. The lowest BCUT2D eigenvalue weighted by molar-refractivity contribution is -0.184. The van der Waals surface area contributed by atoms with Crippen LogP contribution >= 0.6 is 0 Å². The largest absolute Gasteiger partial charge is 0.413 e. The fourth-order valence-electron chi connectivity index (χ4n) is 3.44. The lowest BCUT2D eigenvalue weighted by Gasteiger charge is -2.41. The van der Waals surface area contributed by atoms with Crippen LogP contribution in [0.25, 0.3) is 0 Å². The third-order valence-electron chi connectivity index (χ3n) is 6.10. The van der Waals surface area contributed by atoms with Crippen molar-refractivity contribution in [3.8, 4) is 0 Å². The quantitative estimate of drug-likeness (QED) is 0.303. The third kappa shape index (κ3) is 6.75. The summed E-state index contributed by atoms with van der Waals surface area (Å²) >= 11 is 0. The van der Waals surface area contributed by atoms with Gasteiger partial charge in [0.05, 0.1) is 31.5 Å². The van der Waals surface area contributed by atoms with Gasteiger partial charge in [-0.2, -0.15) is 0 Å². The molecule has 0 aliphatic heterocycles. The van der Waals surface area contributed by atoms with Crippen molar-refractivity contribution in [2.45, 2.75) is 82.8 Å². The molecule has 1 aliphatic carbocycles. The molecule has 0 spiro atoms. The van der Waals surface area contributed by atoms with Gasteiger partial charge in [-0.25, -0.2) is 0 Å². The monoisotopic (exact) mass is 408 g/mol. The van der Waals surface area contributed by atoms with Crippen LogP contribution in [0.5, 0.6) is 0 Å². The lowest BCUT2D eigenvalue weighted by atomic mass is 9.90. The van der Waals surface area contributed by atoms with Crippen LogP contribution in [0.15, 0.2) is 0 Å². The zero-order valence-electron chi connectivity index (χ0n) is 17.7. The Labute approximate surface area is 164 Å². The Bertz CT molecular complexity index is 427. The summed E-state index contributed by atoms with van der Waals surface area (Å²) in [5.74, 6) is -0.393. The van der Waals surface area contributed by atoms with Crippen molar-refractivity contribution in [1.29, 1.82) is 0 Å². The first-order valence-corrected chi connectivity index (χ1v) is 12.8. The summed E-state index contributed by atoms with van der Waals surface area (Å²) in [7, 11) is -0.512. The summed E-state index contributed by atoms with van der Waals surface area (Å²) in [6, 6.07) is 0. The molecule has 1 fully saturated rings. The standard InChI is InChI=1S/C19H40O7Si/c1-19(2,3)27(5,6)26-16-11-15(23)14(7-9-20)17(16)18(24-4)25-10-8-13(22)12-21/h13-18,20-23H,7-12H2,1-6H3/t13?,14-,15-,16+,17+,18?/m1/s1. The summed E-state index contributed by atoms with van der Waals surface area (Å²) < 4.78 is 18.0. The van der Waals surface area contributed by atoms with Gasteiger partial charge in [0.2, 0.25) is 0 Å². The van der Waals surface area contributed by atoms with Gasteiger partial charge in [0.1, 0.15) is 0 Å². The van der Waals surface area contributed by atoms with E-state index in [1.165, 1.54) is 0 Å². The average molecular weight is 409 g/mol. The van der Waals surface area contributed by atoms with E-state index in [1.54, 1.807) is 7.11 Å². The van der Waals surface area contributed by atoms with E-state index < -0.39 is 26.8 Å². The van der Waals surface area contributed by atoms with Gasteiger partial charge in [0.15, 0.2) is 14.6 Å². The van der Waals surface area contributed by atoms with E-state index in [4.69, 9.17) is 19.0 Å². The minimum absolute atomic E-state index is 0.0231. The van der Waals surface area contributed by atoms with Crippen molar-refractivity contribution in [3.63, 3.8) is 0 Å². The fourth-order valence-corrected chi connectivity index (χ4v) is 4.81. The maximum absolute atomic E-state index is 10.6. The van der Waals surface area contributed by atoms with Crippen LogP contribution in [-0.2, 0) is 13.9 Å². The summed E-state index contributed by atoms with van der Waals surface area (Å²) in [6.45, 7) is 10.8. The molecular formula is C19H40O7Si. The lowest BCUT2D eigenvalue weighted by Crippen LogP contribution is -2.47. The first-order chi connectivity index (χ1) is 12.5. The number of rotatable bonds is 11. The van der Waals surface area contributed by atoms with Gasteiger partial charge in [-0.05, 0) is 43.3 Å². The molecule has 4 N–H and O–H groups in total. The molecule has 8 heteroatoms. The predicted octanol–water partition coefficient (Wildman–Crippen LogP) is 1.49. The number of hydrogen-bond acceptors (Lipinski definition) is 7. The van der Waals surface area contributed by atoms with Crippen LogP contribution in [0.4, 0.5) is 0 Å². The van der Waals surface area contributed by atoms with Crippen LogP contribution in [0.3, 0.4) is 0 Å². The van der Waals surface area contributed by atoms with E-state index in [2.05, 4.69) is 33.9 Å². The van der Waals surface area contributed by atoms with Crippen LogP contribution in [0.1, 0.15) is 40.0 Å². The van der Waals surface area contributed by atoms with Gasteiger partial charge in [0, 0.05) is 19.6 Å². The summed E-state index contributed by atoms with van der Waals surface area (Å²) in [4.78, 5) is 0. The van der Waals surface area contributed by atoms with Crippen LogP contribution < -0.4 is 0 Å². The van der Waals surface area contributed by atoms with Crippen LogP contribution in [0.2, 0.25) is 18.1 Å². The number of aliphatic hydroxyl groups is 4. The fraction of sp³-hybridized carbons (Fsp3) is 1.00. The Balaban J connectivity index is 2.96. The Hall–Kier alpha value is -0.0631. The Morgan fingerprint density at radius 2 is 1.81 bits per heavy atom. The normalized spacial score (nSPS) is 29.1. The van der Waals surface area contributed by atoms with Crippen molar-refractivity contribution in [3.05, 3.63) is 0 Å². The topological polar surface area (TPSA) is 109 Å². The second-order valence-electron chi connectivity index (χ2n) is 9.07. The SMILES string of the molecule is COC(OCCC(O)CO)[C@H]1[C@H](CCO)[C@H](O)C[C@@H]1O[Si](C)(C)C(C)(C)C. The molecule has 0 aromatic heterocycles. The van der Waals surface area contributed by atoms with Gasteiger partial charge in [-0.15, -0.1) is 0 Å². The molecule has 162 valence electrons. The molecule has 0 saturated heterocycles. The van der Waals surface area contributed by atoms with Crippen molar-refractivity contribution >= 4 is 8.32 Å². The minimum Gasteiger partial charge on any atom is -0.413 e. The molecule has 2 unspecified atom stereocenters. The molecule has 0 heterocycles. The van der Waals surface area contributed by atoms with Crippen molar-refractivity contribution < 1.29 is 34.3 Å². The highest BCUT2D eigenvalue weighted by molar-refractivity contribution is 6.74. The predicted molar refractivity (Wildman–Crippen MR) is 106 cm³/mol. The van der Waals surface area contributed by atoms with E-state index in [0.29, 0.717) is 19.3 Å². The minimum atomic E-state index is -2.07. The second kappa shape index (κ2) is 10.6. The number of ether oxygens (including phenoxy) is 2. The van der Waals surface area contributed by atoms with Gasteiger partial charge in [-0.3, -0.25) is 0 Å². The molecule has 0 bridgehead atoms. The Kier molecular flexibility index (Phi) is 9.84. The highest BCUT2D eigenvalue weighted by atomic mass is 28.4. The molecule has 7 nitrogen and oxygen atoms in total. The van der Waals surface area contributed by atoms with E-state index in [1.807, 2.05) is 0 Å². The summed E-state index contributed by atoms with van der Waals surface area (Å²) in [6.07, 6.45) is -1.00. The first-order valence-electron chi connectivity index (χ1n) is 9.88. The van der Waals surface area contributed by atoms with Crippen LogP contribution in [-0.4, -0.2) is 80.3 Å². The summed E-state index contributed by atoms with van der Waals surface area (Å²) in [5.41, 5.74) is 0. The van der Waals surface area contributed by atoms with E-state index in [-0.39, 0.29) is 42.8 Å². The molecule has 0 radical (unpaired) electrons. The second-order valence-corrected chi connectivity index (χ2v) is 13.8. The van der Waals surface area contributed by atoms with Gasteiger partial charge < -0.3 is 34.3 Å². The maximum Gasteiger partial charge on any atom is 0.192 e.